The summed E-state index contributed by atoms with van der Waals surface area (Å²) in [5.41, 5.74) is -0.777. The third kappa shape index (κ3) is 3.71. The van der Waals surface area contributed by atoms with E-state index in [1.54, 1.807) is 0 Å². The van der Waals surface area contributed by atoms with Gasteiger partial charge in [0.15, 0.2) is 0 Å². The van der Waals surface area contributed by atoms with Crippen LogP contribution in [0.4, 0.5) is 0 Å². The van der Waals surface area contributed by atoms with E-state index in [9.17, 15) is 9.59 Å². The molecular weight excluding hydrogens is 244 g/mol. The minimum atomic E-state index is -0.392. The zero-order chi connectivity index (χ0) is 12.8. The molecule has 0 saturated carbocycles. The van der Waals surface area contributed by atoms with Crippen LogP contribution in [0.1, 0.15) is 25.7 Å². The van der Waals surface area contributed by atoms with E-state index in [1.807, 2.05) is 0 Å². The first-order valence-electron chi connectivity index (χ1n) is 5.65. The summed E-state index contributed by atoms with van der Waals surface area (Å²) in [6.45, 7) is 0.692. The Labute approximate surface area is 104 Å². The van der Waals surface area contributed by atoms with Gasteiger partial charge >= 0.3 is 5.69 Å². The first-order chi connectivity index (χ1) is 8.07. The fourth-order valence-electron chi connectivity index (χ4n) is 1.58. The van der Waals surface area contributed by atoms with Gasteiger partial charge in [-0.15, -0.1) is 0 Å². The summed E-state index contributed by atoms with van der Waals surface area (Å²) in [4.78, 5) is 23.0. The van der Waals surface area contributed by atoms with E-state index in [-0.39, 0.29) is 17.4 Å². The molecule has 1 heterocycles. The average Bonchev–Trinajstić information content (AvgIpc) is 2.30. The van der Waals surface area contributed by atoms with Crippen LogP contribution in [0.5, 0.6) is 0 Å². The Hall–Kier alpha value is -1.07. The van der Waals surface area contributed by atoms with E-state index in [0.29, 0.717) is 6.54 Å². The lowest BCUT2D eigenvalue weighted by atomic mass is 10.2. The molecule has 0 bridgehead atoms. The molecule has 0 aliphatic carbocycles. The summed E-state index contributed by atoms with van der Waals surface area (Å²) < 4.78 is 2.43. The molecular formula is C11H17ClN2O3. The van der Waals surface area contributed by atoms with Gasteiger partial charge in [-0.25, -0.2) is 4.79 Å². The van der Waals surface area contributed by atoms with Gasteiger partial charge in [-0.2, -0.15) is 0 Å². The molecule has 1 rings (SSSR count). The van der Waals surface area contributed by atoms with E-state index in [0.717, 1.165) is 30.3 Å². The number of nitrogens with zero attached hydrogens (tertiary/aromatic N) is 2. The number of halogens is 1. The highest BCUT2D eigenvalue weighted by atomic mass is 35.5. The Morgan fingerprint density at radius 3 is 2.53 bits per heavy atom. The minimum Gasteiger partial charge on any atom is -0.396 e. The van der Waals surface area contributed by atoms with Gasteiger partial charge in [0.05, 0.1) is 0 Å². The van der Waals surface area contributed by atoms with Gasteiger partial charge in [0.1, 0.15) is 5.15 Å². The molecule has 17 heavy (non-hydrogen) atoms. The Morgan fingerprint density at radius 1 is 1.24 bits per heavy atom. The van der Waals surface area contributed by atoms with Crippen molar-refractivity contribution in [2.75, 3.05) is 6.61 Å². The molecule has 0 atom stereocenters. The lowest BCUT2D eigenvalue weighted by molar-refractivity contribution is 0.282. The second kappa shape index (κ2) is 6.61. The van der Waals surface area contributed by atoms with Crippen LogP contribution in [0.3, 0.4) is 0 Å². The predicted octanol–water partition coefficient (Wildman–Crippen LogP) is 0.753. The lowest BCUT2D eigenvalue weighted by Gasteiger charge is -2.09. The molecule has 5 nitrogen and oxygen atoms in total. The van der Waals surface area contributed by atoms with Gasteiger partial charge in [-0.3, -0.25) is 13.9 Å². The van der Waals surface area contributed by atoms with Crippen LogP contribution in [0.25, 0.3) is 0 Å². The second-order valence-electron chi connectivity index (χ2n) is 3.94. The Balaban J connectivity index is 2.69. The molecule has 0 fully saturated rings. The smallest absolute Gasteiger partial charge is 0.331 e. The molecule has 1 aromatic heterocycles. The molecule has 1 aromatic rings. The molecule has 0 saturated heterocycles. The van der Waals surface area contributed by atoms with E-state index < -0.39 is 5.56 Å². The molecule has 0 radical (unpaired) electrons. The molecule has 0 unspecified atom stereocenters. The summed E-state index contributed by atoms with van der Waals surface area (Å²) in [6, 6.07) is 1.25. The highest BCUT2D eigenvalue weighted by molar-refractivity contribution is 6.29. The van der Waals surface area contributed by atoms with Crippen molar-refractivity contribution < 1.29 is 5.11 Å². The summed E-state index contributed by atoms with van der Waals surface area (Å²) >= 11 is 5.86. The molecule has 96 valence electrons. The topological polar surface area (TPSA) is 64.2 Å². The SMILES string of the molecule is Cn1c(=O)cc(Cl)n(CCCCCCO)c1=O. The van der Waals surface area contributed by atoms with Crippen LogP contribution < -0.4 is 11.2 Å². The first kappa shape index (κ1) is 14.0. The van der Waals surface area contributed by atoms with Crippen LogP contribution >= 0.6 is 11.6 Å². The maximum absolute atomic E-state index is 11.7. The van der Waals surface area contributed by atoms with Crippen molar-refractivity contribution in [2.45, 2.75) is 32.2 Å². The average molecular weight is 261 g/mol. The summed E-state index contributed by atoms with van der Waals surface area (Å²) in [5.74, 6) is 0. The fraction of sp³-hybridized carbons (Fsp3) is 0.636. The van der Waals surface area contributed by atoms with Crippen molar-refractivity contribution in [3.8, 4) is 0 Å². The maximum atomic E-state index is 11.7. The number of unbranched alkanes of at least 4 members (excludes halogenated alkanes) is 3. The largest absolute Gasteiger partial charge is 0.396 e. The third-order valence-electron chi connectivity index (χ3n) is 2.64. The van der Waals surface area contributed by atoms with Crippen LogP contribution in [-0.2, 0) is 13.6 Å². The van der Waals surface area contributed by atoms with E-state index >= 15 is 0 Å². The number of hydrogen-bond acceptors (Lipinski definition) is 3. The van der Waals surface area contributed by atoms with Gasteiger partial charge in [-0.1, -0.05) is 24.4 Å². The fourth-order valence-corrected chi connectivity index (χ4v) is 1.83. The third-order valence-corrected chi connectivity index (χ3v) is 2.95. The minimum absolute atomic E-state index is 0.181. The van der Waals surface area contributed by atoms with Crippen LogP contribution in [-0.4, -0.2) is 20.8 Å². The molecule has 0 aromatic carbocycles. The van der Waals surface area contributed by atoms with Gasteiger partial charge in [0.2, 0.25) is 0 Å². The van der Waals surface area contributed by atoms with E-state index in [1.165, 1.54) is 17.7 Å². The number of aliphatic hydroxyl groups is 1. The van der Waals surface area contributed by atoms with Gasteiger partial charge in [0.25, 0.3) is 5.56 Å². The van der Waals surface area contributed by atoms with Crippen molar-refractivity contribution in [1.82, 2.24) is 9.13 Å². The second-order valence-corrected chi connectivity index (χ2v) is 4.32. The van der Waals surface area contributed by atoms with Crippen molar-refractivity contribution in [3.63, 3.8) is 0 Å². The molecule has 0 aliphatic heterocycles. The molecule has 0 aliphatic rings. The molecule has 1 N–H and O–H groups in total. The van der Waals surface area contributed by atoms with E-state index in [2.05, 4.69) is 0 Å². The van der Waals surface area contributed by atoms with Crippen molar-refractivity contribution >= 4 is 11.6 Å². The zero-order valence-electron chi connectivity index (χ0n) is 9.86. The van der Waals surface area contributed by atoms with Crippen LogP contribution in [0, 0.1) is 0 Å². The first-order valence-corrected chi connectivity index (χ1v) is 6.03. The van der Waals surface area contributed by atoms with Crippen LogP contribution in [0.2, 0.25) is 5.15 Å². The molecule has 6 heteroatoms. The summed E-state index contributed by atoms with van der Waals surface area (Å²) in [7, 11) is 1.43. The number of hydrogen-bond donors (Lipinski definition) is 1. The molecule has 0 amide bonds. The monoisotopic (exact) mass is 260 g/mol. The van der Waals surface area contributed by atoms with Crippen LogP contribution in [0.15, 0.2) is 15.7 Å². The van der Waals surface area contributed by atoms with Gasteiger partial charge < -0.3 is 5.11 Å². The maximum Gasteiger partial charge on any atom is 0.331 e. The predicted molar refractivity (Wildman–Crippen MR) is 66.5 cm³/mol. The summed E-state index contributed by atoms with van der Waals surface area (Å²) in [6.07, 6.45) is 3.43. The van der Waals surface area contributed by atoms with Gasteiger partial charge in [0, 0.05) is 26.3 Å². The zero-order valence-corrected chi connectivity index (χ0v) is 10.6. The standard InChI is InChI=1S/C11H17ClN2O3/c1-13-10(16)8-9(12)14(11(13)17)6-4-2-3-5-7-15/h8,15H,2-7H2,1H3. The number of aromatic nitrogens is 2. The van der Waals surface area contributed by atoms with Gasteiger partial charge in [-0.05, 0) is 12.8 Å². The van der Waals surface area contributed by atoms with E-state index in [4.69, 9.17) is 16.7 Å². The quantitative estimate of drug-likeness (QED) is 0.607. The molecule has 0 spiro atoms. The Morgan fingerprint density at radius 2 is 1.88 bits per heavy atom. The lowest BCUT2D eigenvalue weighted by Crippen LogP contribution is -2.37. The number of aliphatic hydroxyl groups excluding tert-OH is 1. The van der Waals surface area contributed by atoms with Crippen molar-refractivity contribution in [2.24, 2.45) is 7.05 Å². The summed E-state index contributed by atoms with van der Waals surface area (Å²) in [5, 5.41) is 8.80. The highest BCUT2D eigenvalue weighted by Crippen LogP contribution is 2.06. The number of rotatable bonds is 6. The Kier molecular flexibility index (Phi) is 5.44. The highest BCUT2D eigenvalue weighted by Gasteiger charge is 2.06. The van der Waals surface area contributed by atoms with Crippen molar-refractivity contribution in [3.05, 3.63) is 32.1 Å². The Bertz CT molecular complexity index is 479. The normalized spacial score (nSPS) is 10.8. The van der Waals surface area contributed by atoms with Crippen molar-refractivity contribution in [1.29, 1.82) is 0 Å².